The molecule has 1 fully saturated rings. The average molecular weight is 321 g/mol. The highest BCUT2D eigenvalue weighted by atomic mass is 16.5. The Morgan fingerprint density at radius 1 is 1.39 bits per heavy atom. The van der Waals surface area contributed by atoms with Crippen LogP contribution in [0.25, 0.3) is 11.2 Å². The first-order valence-corrected chi connectivity index (χ1v) is 7.96. The fourth-order valence-electron chi connectivity index (χ4n) is 2.72. The van der Waals surface area contributed by atoms with Crippen molar-refractivity contribution >= 4 is 17.0 Å². The van der Waals surface area contributed by atoms with Crippen molar-refractivity contribution in [3.63, 3.8) is 0 Å². The highest BCUT2D eigenvalue weighted by Gasteiger charge is 2.35. The molecule has 3 heterocycles. The monoisotopic (exact) mass is 321 g/mol. The van der Waals surface area contributed by atoms with Crippen LogP contribution in [0.5, 0.6) is 0 Å². The minimum Gasteiger partial charge on any atom is -0.394 e. The van der Waals surface area contributed by atoms with E-state index in [9.17, 15) is 10.2 Å². The maximum Gasteiger partial charge on any atom is 0.167 e. The molecule has 3 atom stereocenters. The fourth-order valence-corrected chi connectivity index (χ4v) is 2.72. The fraction of sp³-hybridized carbons (Fsp3) is 0.667. The number of aliphatic hydroxyl groups is 2. The van der Waals surface area contributed by atoms with Crippen molar-refractivity contribution in [3.8, 4) is 0 Å². The molecule has 2 aromatic rings. The highest BCUT2D eigenvalue weighted by molar-refractivity contribution is 5.82. The molecule has 0 radical (unpaired) electrons. The van der Waals surface area contributed by atoms with Gasteiger partial charge < -0.3 is 20.3 Å². The molecule has 0 unspecified atom stereocenters. The van der Waals surface area contributed by atoms with E-state index < -0.39 is 12.2 Å². The average Bonchev–Trinajstić information content (AvgIpc) is 3.10. The van der Waals surface area contributed by atoms with Crippen LogP contribution in [0.1, 0.15) is 32.9 Å². The number of hydrogen-bond acceptors (Lipinski definition) is 7. The largest absolute Gasteiger partial charge is 0.394 e. The molecule has 23 heavy (non-hydrogen) atoms. The van der Waals surface area contributed by atoms with Crippen LogP contribution in [-0.4, -0.2) is 55.1 Å². The van der Waals surface area contributed by atoms with E-state index in [1.165, 1.54) is 6.33 Å². The summed E-state index contributed by atoms with van der Waals surface area (Å²) in [6, 6.07) is 0. The Labute approximate surface area is 134 Å². The van der Waals surface area contributed by atoms with Crippen molar-refractivity contribution in [2.24, 2.45) is 5.92 Å². The topological polar surface area (TPSA) is 105 Å². The molecule has 8 nitrogen and oxygen atoms in total. The third kappa shape index (κ3) is 3.29. The number of ether oxygens (including phenoxy) is 1. The summed E-state index contributed by atoms with van der Waals surface area (Å²) in [6.45, 7) is 4.96. The Balaban J connectivity index is 1.81. The molecule has 3 N–H and O–H groups in total. The van der Waals surface area contributed by atoms with E-state index in [4.69, 9.17) is 4.74 Å². The Morgan fingerprint density at radius 2 is 2.22 bits per heavy atom. The lowest BCUT2D eigenvalue weighted by Crippen LogP contribution is -2.24. The van der Waals surface area contributed by atoms with Gasteiger partial charge in [-0.25, -0.2) is 15.0 Å². The quantitative estimate of drug-likeness (QED) is 0.726. The maximum absolute atomic E-state index is 9.89. The van der Waals surface area contributed by atoms with E-state index in [-0.39, 0.29) is 12.8 Å². The molecule has 0 saturated carbocycles. The van der Waals surface area contributed by atoms with E-state index in [2.05, 4.69) is 34.1 Å². The van der Waals surface area contributed by atoms with Gasteiger partial charge in [0.25, 0.3) is 0 Å². The molecule has 2 aromatic heterocycles. The summed E-state index contributed by atoms with van der Waals surface area (Å²) in [5, 5.41) is 22.4. The maximum atomic E-state index is 9.89. The van der Waals surface area contributed by atoms with E-state index in [0.29, 0.717) is 29.3 Å². The molecule has 1 aliphatic rings. The highest BCUT2D eigenvalue weighted by Crippen LogP contribution is 2.31. The van der Waals surface area contributed by atoms with Crippen LogP contribution in [0.2, 0.25) is 0 Å². The SMILES string of the molecule is CC(C)CCNc1ncnc2c1ncn2[C@H]1C[C@H](O)[C@@H](CO)O1. The van der Waals surface area contributed by atoms with Gasteiger partial charge in [-0.15, -0.1) is 0 Å². The number of aliphatic hydroxyl groups excluding tert-OH is 2. The predicted molar refractivity (Wildman–Crippen MR) is 84.9 cm³/mol. The van der Waals surface area contributed by atoms with Gasteiger partial charge in [-0.1, -0.05) is 13.8 Å². The number of rotatable bonds is 6. The van der Waals surface area contributed by atoms with Crippen LogP contribution in [0.4, 0.5) is 5.82 Å². The minimum absolute atomic E-state index is 0.207. The van der Waals surface area contributed by atoms with Crippen molar-refractivity contribution < 1.29 is 14.9 Å². The number of nitrogens with zero attached hydrogens (tertiary/aromatic N) is 4. The Bertz CT molecular complexity index is 660. The second-order valence-electron chi connectivity index (χ2n) is 6.27. The Morgan fingerprint density at radius 3 is 2.91 bits per heavy atom. The normalized spacial score (nSPS) is 24.7. The molecule has 0 aromatic carbocycles. The molecule has 1 aliphatic heterocycles. The second kappa shape index (κ2) is 6.77. The second-order valence-corrected chi connectivity index (χ2v) is 6.27. The summed E-state index contributed by atoms with van der Waals surface area (Å²) in [6.07, 6.45) is 2.94. The zero-order chi connectivity index (χ0) is 16.4. The van der Waals surface area contributed by atoms with E-state index in [1.54, 1.807) is 10.9 Å². The molecular weight excluding hydrogens is 298 g/mol. The van der Waals surface area contributed by atoms with E-state index in [0.717, 1.165) is 13.0 Å². The first-order chi connectivity index (χ1) is 11.1. The molecule has 0 aliphatic carbocycles. The first kappa shape index (κ1) is 16.1. The van der Waals surface area contributed by atoms with Gasteiger partial charge >= 0.3 is 0 Å². The van der Waals surface area contributed by atoms with Crippen molar-refractivity contribution in [3.05, 3.63) is 12.7 Å². The molecule has 126 valence electrons. The molecule has 1 saturated heterocycles. The number of imidazole rings is 1. The minimum atomic E-state index is -0.687. The number of aromatic nitrogens is 4. The zero-order valence-corrected chi connectivity index (χ0v) is 13.4. The zero-order valence-electron chi connectivity index (χ0n) is 13.4. The van der Waals surface area contributed by atoms with E-state index >= 15 is 0 Å². The first-order valence-electron chi connectivity index (χ1n) is 7.96. The van der Waals surface area contributed by atoms with Crippen LogP contribution < -0.4 is 5.32 Å². The smallest absolute Gasteiger partial charge is 0.167 e. The summed E-state index contributed by atoms with van der Waals surface area (Å²) in [4.78, 5) is 12.9. The van der Waals surface area contributed by atoms with Gasteiger partial charge in [0.1, 0.15) is 18.7 Å². The third-order valence-electron chi connectivity index (χ3n) is 4.07. The van der Waals surface area contributed by atoms with Gasteiger partial charge in [-0.2, -0.15) is 0 Å². The molecular formula is C15H23N5O3. The standard InChI is InChI=1S/C15H23N5O3/c1-9(2)3-4-16-14-13-15(18-7-17-14)20(8-19-13)12-5-10(22)11(6-21)23-12/h7-12,21-22H,3-6H2,1-2H3,(H,16,17,18)/t10-,11+,12+/m0/s1. The molecule has 3 rings (SSSR count). The summed E-state index contributed by atoms with van der Waals surface area (Å²) in [5.74, 6) is 1.31. The van der Waals surface area contributed by atoms with Gasteiger partial charge in [-0.05, 0) is 12.3 Å². The van der Waals surface area contributed by atoms with Gasteiger partial charge in [-0.3, -0.25) is 4.57 Å². The third-order valence-corrected chi connectivity index (χ3v) is 4.07. The Hall–Kier alpha value is -1.77. The summed E-state index contributed by atoms with van der Waals surface area (Å²) < 4.78 is 7.45. The molecule has 0 amide bonds. The van der Waals surface area contributed by atoms with Crippen LogP contribution in [0.15, 0.2) is 12.7 Å². The van der Waals surface area contributed by atoms with Gasteiger partial charge in [0.05, 0.1) is 19.0 Å². The lowest BCUT2D eigenvalue weighted by Gasteiger charge is -2.13. The summed E-state index contributed by atoms with van der Waals surface area (Å²) in [7, 11) is 0. The Kier molecular flexibility index (Phi) is 4.74. The molecule has 0 bridgehead atoms. The van der Waals surface area contributed by atoms with Crippen LogP contribution >= 0.6 is 0 Å². The van der Waals surface area contributed by atoms with Crippen LogP contribution in [0, 0.1) is 5.92 Å². The van der Waals surface area contributed by atoms with E-state index in [1.807, 2.05) is 0 Å². The molecule has 8 heteroatoms. The van der Waals surface area contributed by atoms with Crippen LogP contribution in [-0.2, 0) is 4.74 Å². The number of hydrogen-bond donors (Lipinski definition) is 3. The number of nitrogens with one attached hydrogen (secondary N) is 1. The lowest BCUT2D eigenvalue weighted by molar-refractivity contribution is -0.0432. The van der Waals surface area contributed by atoms with Crippen molar-refractivity contribution in [2.75, 3.05) is 18.5 Å². The van der Waals surface area contributed by atoms with Gasteiger partial charge in [0.2, 0.25) is 0 Å². The summed E-state index contributed by atoms with van der Waals surface area (Å²) >= 11 is 0. The van der Waals surface area contributed by atoms with Crippen molar-refractivity contribution in [1.29, 1.82) is 0 Å². The van der Waals surface area contributed by atoms with Crippen molar-refractivity contribution in [2.45, 2.75) is 45.1 Å². The predicted octanol–water partition coefficient (Wildman–Crippen LogP) is 0.925. The number of fused-ring (bicyclic) bond motifs is 1. The summed E-state index contributed by atoms with van der Waals surface area (Å²) in [5.41, 5.74) is 1.34. The van der Waals surface area contributed by atoms with Gasteiger partial charge in [0.15, 0.2) is 17.0 Å². The van der Waals surface area contributed by atoms with Crippen LogP contribution in [0.3, 0.4) is 0 Å². The van der Waals surface area contributed by atoms with Gasteiger partial charge in [0, 0.05) is 13.0 Å². The number of anilines is 1. The van der Waals surface area contributed by atoms with Crippen molar-refractivity contribution in [1.82, 2.24) is 19.5 Å². The molecule has 0 spiro atoms. The lowest BCUT2D eigenvalue weighted by atomic mass is 10.1.